The number of benzene rings is 1. The van der Waals surface area contributed by atoms with Crippen molar-refractivity contribution >= 4 is 27.6 Å². The summed E-state index contributed by atoms with van der Waals surface area (Å²) in [6, 6.07) is 5.97. The molecule has 0 amide bonds. The van der Waals surface area contributed by atoms with Crippen molar-refractivity contribution in [3.8, 4) is 0 Å². The topological polar surface area (TPSA) is 96.4 Å². The van der Waals surface area contributed by atoms with Crippen LogP contribution < -0.4 is 4.72 Å². The maximum Gasteiger partial charge on any atom is 0.337 e. The van der Waals surface area contributed by atoms with E-state index in [2.05, 4.69) is 9.71 Å². The highest BCUT2D eigenvalue weighted by Crippen LogP contribution is 2.25. The van der Waals surface area contributed by atoms with Crippen molar-refractivity contribution in [2.75, 3.05) is 0 Å². The molecule has 0 unspecified atom stereocenters. The van der Waals surface area contributed by atoms with Crippen molar-refractivity contribution in [1.29, 1.82) is 0 Å². The number of nitrogens with zero attached hydrogens (tertiary/aromatic N) is 1. The number of aromatic nitrogens is 1. The average Bonchev–Trinajstić information content (AvgIpc) is 2.48. The number of hydrogen-bond acceptors (Lipinski definition) is 4. The van der Waals surface area contributed by atoms with Crippen LogP contribution in [0.5, 0.6) is 0 Å². The van der Waals surface area contributed by atoms with E-state index in [0.717, 1.165) is 11.6 Å². The van der Waals surface area contributed by atoms with E-state index in [1.165, 1.54) is 6.07 Å². The fraction of sp³-hybridized carbons (Fsp3) is 0.200. The van der Waals surface area contributed by atoms with E-state index in [9.17, 15) is 13.2 Å². The number of halogens is 1. The van der Waals surface area contributed by atoms with Crippen LogP contribution in [-0.2, 0) is 16.6 Å². The van der Waals surface area contributed by atoms with E-state index < -0.39 is 16.0 Å². The molecule has 0 saturated carbocycles. The van der Waals surface area contributed by atoms with Crippen LogP contribution in [-0.4, -0.2) is 24.5 Å². The van der Waals surface area contributed by atoms with Crippen molar-refractivity contribution in [3.63, 3.8) is 0 Å². The van der Waals surface area contributed by atoms with Crippen LogP contribution in [0.25, 0.3) is 0 Å². The van der Waals surface area contributed by atoms with Crippen molar-refractivity contribution in [2.45, 2.75) is 25.3 Å². The molecule has 2 aromatic rings. The van der Waals surface area contributed by atoms with Crippen molar-refractivity contribution in [1.82, 2.24) is 9.71 Å². The molecule has 2 N–H and O–H groups in total. The van der Waals surface area contributed by atoms with Crippen LogP contribution in [0.3, 0.4) is 0 Å². The average molecular weight is 355 g/mol. The second kappa shape index (κ2) is 6.66. The Morgan fingerprint density at radius 3 is 2.61 bits per heavy atom. The first kappa shape index (κ1) is 17.4. The third-order valence-corrected chi connectivity index (χ3v) is 5.20. The maximum atomic E-state index is 12.4. The molecule has 0 aliphatic heterocycles. The summed E-state index contributed by atoms with van der Waals surface area (Å²) < 4.78 is 27.2. The van der Waals surface area contributed by atoms with Gasteiger partial charge in [-0.25, -0.2) is 17.9 Å². The number of aryl methyl sites for hydroxylation is 2. The highest BCUT2D eigenvalue weighted by Gasteiger charge is 2.20. The zero-order valence-electron chi connectivity index (χ0n) is 12.5. The summed E-state index contributed by atoms with van der Waals surface area (Å²) in [5, 5.41) is 9.14. The molecule has 0 spiro atoms. The van der Waals surface area contributed by atoms with Gasteiger partial charge in [-0.1, -0.05) is 17.7 Å². The second-order valence-corrected chi connectivity index (χ2v) is 7.14. The van der Waals surface area contributed by atoms with Crippen molar-refractivity contribution < 1.29 is 18.3 Å². The third-order valence-electron chi connectivity index (χ3n) is 3.32. The van der Waals surface area contributed by atoms with Gasteiger partial charge >= 0.3 is 5.97 Å². The van der Waals surface area contributed by atoms with Gasteiger partial charge in [0.05, 0.1) is 27.7 Å². The molecule has 122 valence electrons. The summed E-state index contributed by atoms with van der Waals surface area (Å²) in [5.74, 6) is -1.28. The lowest BCUT2D eigenvalue weighted by Gasteiger charge is -2.11. The lowest BCUT2D eigenvalue weighted by Crippen LogP contribution is -2.24. The molecule has 6 nitrogen and oxygen atoms in total. The number of carboxylic acids is 1. The van der Waals surface area contributed by atoms with Crippen LogP contribution in [0.2, 0.25) is 5.02 Å². The molecule has 1 heterocycles. The Balaban J connectivity index is 2.33. The molecule has 1 aromatic heterocycles. The highest BCUT2D eigenvalue weighted by molar-refractivity contribution is 7.89. The zero-order valence-corrected chi connectivity index (χ0v) is 14.1. The molecule has 0 bridgehead atoms. The number of sulfonamides is 1. The first-order valence-corrected chi connectivity index (χ1v) is 8.52. The summed E-state index contributed by atoms with van der Waals surface area (Å²) >= 11 is 5.90. The van der Waals surface area contributed by atoms with E-state index in [-0.39, 0.29) is 22.0 Å². The summed E-state index contributed by atoms with van der Waals surface area (Å²) in [6.07, 6.45) is 1.58. The van der Waals surface area contributed by atoms with Gasteiger partial charge in [-0.2, -0.15) is 0 Å². The van der Waals surface area contributed by atoms with Gasteiger partial charge in [0.15, 0.2) is 0 Å². The Morgan fingerprint density at radius 1 is 1.30 bits per heavy atom. The predicted octanol–water partition coefficient (Wildman–Crippen LogP) is 2.53. The molecule has 0 saturated heterocycles. The predicted molar refractivity (Wildman–Crippen MR) is 86.1 cm³/mol. The van der Waals surface area contributed by atoms with Gasteiger partial charge in [0, 0.05) is 6.20 Å². The maximum absolute atomic E-state index is 12.4. The molecule has 0 radical (unpaired) electrons. The molecule has 2 rings (SSSR count). The van der Waals surface area contributed by atoms with E-state index in [0.29, 0.717) is 11.3 Å². The number of aromatic carboxylic acids is 1. The molecule has 0 aliphatic carbocycles. The van der Waals surface area contributed by atoms with Crippen LogP contribution in [0.1, 0.15) is 27.2 Å². The normalized spacial score (nSPS) is 11.4. The standard InChI is InChI=1S/C15H15ClN2O4S/c1-9-4-3-5-17-13(9)8-18-23(21,22)11-6-10(2)14(16)12(7-11)15(19)20/h3-7,18H,8H2,1-2H3,(H,19,20). The minimum atomic E-state index is -3.88. The minimum Gasteiger partial charge on any atom is -0.478 e. The number of carbonyl (C=O) groups is 1. The van der Waals surface area contributed by atoms with Gasteiger partial charge in [-0.3, -0.25) is 4.98 Å². The minimum absolute atomic E-state index is 0.0130. The summed E-state index contributed by atoms with van der Waals surface area (Å²) in [6.45, 7) is 3.39. The van der Waals surface area contributed by atoms with Gasteiger partial charge in [0.2, 0.25) is 10.0 Å². The number of rotatable bonds is 5. The number of hydrogen-bond donors (Lipinski definition) is 2. The Kier molecular flexibility index (Phi) is 5.03. The number of nitrogens with one attached hydrogen (secondary N) is 1. The molecule has 0 atom stereocenters. The van der Waals surface area contributed by atoms with Crippen LogP contribution in [0.4, 0.5) is 0 Å². The van der Waals surface area contributed by atoms with Gasteiger partial charge < -0.3 is 5.11 Å². The fourth-order valence-electron chi connectivity index (χ4n) is 2.00. The van der Waals surface area contributed by atoms with Crippen molar-refractivity contribution in [2.24, 2.45) is 0 Å². The van der Waals surface area contributed by atoms with Crippen LogP contribution in [0.15, 0.2) is 35.4 Å². The molecule has 0 fully saturated rings. The quantitative estimate of drug-likeness (QED) is 0.860. The monoisotopic (exact) mass is 354 g/mol. The van der Waals surface area contributed by atoms with Crippen molar-refractivity contribution in [3.05, 3.63) is 57.9 Å². The first-order chi connectivity index (χ1) is 10.7. The number of carboxylic acid groups (broad SMARTS) is 1. The third kappa shape index (κ3) is 3.87. The zero-order chi connectivity index (χ0) is 17.2. The molecule has 23 heavy (non-hydrogen) atoms. The van der Waals surface area contributed by atoms with E-state index in [1.54, 1.807) is 19.2 Å². The molecule has 0 aliphatic rings. The molecular weight excluding hydrogens is 340 g/mol. The largest absolute Gasteiger partial charge is 0.478 e. The van der Waals surface area contributed by atoms with Gasteiger partial charge in [-0.15, -0.1) is 0 Å². The molecule has 1 aromatic carbocycles. The lowest BCUT2D eigenvalue weighted by molar-refractivity contribution is 0.0696. The van der Waals surface area contributed by atoms with E-state index >= 15 is 0 Å². The Bertz CT molecular complexity index is 866. The Hall–Kier alpha value is -1.96. The van der Waals surface area contributed by atoms with E-state index in [4.69, 9.17) is 16.7 Å². The van der Waals surface area contributed by atoms with Gasteiger partial charge in [0.1, 0.15) is 0 Å². The Morgan fingerprint density at radius 2 is 2.00 bits per heavy atom. The van der Waals surface area contributed by atoms with Crippen LogP contribution in [0, 0.1) is 13.8 Å². The first-order valence-electron chi connectivity index (χ1n) is 6.66. The highest BCUT2D eigenvalue weighted by atomic mass is 35.5. The second-order valence-electron chi connectivity index (χ2n) is 5.00. The smallest absolute Gasteiger partial charge is 0.337 e. The van der Waals surface area contributed by atoms with Gasteiger partial charge in [-0.05, 0) is 43.2 Å². The Labute approximate surface area is 139 Å². The molecule has 8 heteroatoms. The lowest BCUT2D eigenvalue weighted by atomic mass is 10.1. The number of pyridine rings is 1. The SMILES string of the molecule is Cc1cccnc1CNS(=O)(=O)c1cc(C)c(Cl)c(C(=O)O)c1. The summed E-state index contributed by atoms with van der Waals surface area (Å²) in [5.41, 5.74) is 1.58. The van der Waals surface area contributed by atoms with E-state index in [1.807, 2.05) is 13.0 Å². The molecular formula is C15H15ClN2O4S. The summed E-state index contributed by atoms with van der Waals surface area (Å²) in [4.78, 5) is 15.1. The summed E-state index contributed by atoms with van der Waals surface area (Å²) in [7, 11) is -3.88. The van der Waals surface area contributed by atoms with Crippen LogP contribution >= 0.6 is 11.6 Å². The van der Waals surface area contributed by atoms with Gasteiger partial charge in [0.25, 0.3) is 0 Å². The fourth-order valence-corrected chi connectivity index (χ4v) is 3.29.